The van der Waals surface area contributed by atoms with Crippen LogP contribution in [0.3, 0.4) is 0 Å². The van der Waals surface area contributed by atoms with Crippen molar-refractivity contribution in [3.05, 3.63) is 6.61 Å². The van der Waals surface area contributed by atoms with Crippen molar-refractivity contribution in [1.82, 2.24) is 0 Å². The van der Waals surface area contributed by atoms with Crippen LogP contribution in [0.1, 0.15) is 0 Å². The maximum atomic E-state index is 9.79. The Morgan fingerprint density at radius 1 is 1.42 bits per heavy atom. The van der Waals surface area contributed by atoms with E-state index in [0.717, 1.165) is 0 Å². The van der Waals surface area contributed by atoms with Crippen LogP contribution >= 0.6 is 0 Å². The highest BCUT2D eigenvalue weighted by atomic mass is 16.5. The van der Waals surface area contributed by atoms with Gasteiger partial charge in [0, 0.05) is 0 Å². The molecule has 12 heavy (non-hydrogen) atoms. The largest absolute Gasteiger partial charge is 0.459 e. The Morgan fingerprint density at radius 3 is 2.33 bits per heavy atom. The zero-order chi connectivity index (χ0) is 9.56. The van der Waals surface area contributed by atoms with E-state index in [9.17, 15) is 4.79 Å². The molecule has 0 aliphatic heterocycles. The molecule has 0 aromatic carbocycles. The van der Waals surface area contributed by atoms with E-state index in [0.29, 0.717) is 6.61 Å². The molecule has 0 aromatic heterocycles. The van der Waals surface area contributed by atoms with Crippen molar-refractivity contribution < 1.29 is 30.0 Å². The molecule has 6 heteroatoms. The van der Waals surface area contributed by atoms with Gasteiger partial charge in [0.25, 0.3) is 6.47 Å². The SMILES string of the molecule is O=COC(CO)[C@H](O)[C@@H](O)[CH]O. The molecule has 0 aliphatic carbocycles. The van der Waals surface area contributed by atoms with E-state index in [2.05, 4.69) is 4.74 Å². The van der Waals surface area contributed by atoms with Crippen LogP contribution < -0.4 is 0 Å². The first kappa shape index (κ1) is 11.3. The molecule has 6 nitrogen and oxygen atoms in total. The fourth-order valence-electron chi connectivity index (χ4n) is 0.611. The number of aliphatic hydroxyl groups is 4. The monoisotopic (exact) mass is 179 g/mol. The van der Waals surface area contributed by atoms with Crippen LogP contribution in [-0.2, 0) is 9.53 Å². The standard InChI is InChI=1S/C6H11O6/c7-1-4(10)6(11)5(2-8)12-3-9/h1,3-8,10-11H,2H2/t4-,5?,6+/m0/s1. The zero-order valence-electron chi connectivity index (χ0n) is 6.20. The molecule has 0 heterocycles. The number of aliphatic hydroxyl groups excluding tert-OH is 4. The van der Waals surface area contributed by atoms with Gasteiger partial charge in [0.1, 0.15) is 18.8 Å². The van der Waals surface area contributed by atoms with E-state index in [1.807, 2.05) is 0 Å². The van der Waals surface area contributed by atoms with E-state index in [-0.39, 0.29) is 6.47 Å². The zero-order valence-corrected chi connectivity index (χ0v) is 6.20. The van der Waals surface area contributed by atoms with Gasteiger partial charge in [0.2, 0.25) is 0 Å². The van der Waals surface area contributed by atoms with Gasteiger partial charge in [-0.1, -0.05) is 0 Å². The van der Waals surface area contributed by atoms with Gasteiger partial charge >= 0.3 is 0 Å². The van der Waals surface area contributed by atoms with Gasteiger partial charge in [-0.25, -0.2) is 0 Å². The molecule has 0 amide bonds. The van der Waals surface area contributed by atoms with Crippen molar-refractivity contribution in [2.75, 3.05) is 6.61 Å². The van der Waals surface area contributed by atoms with Crippen molar-refractivity contribution in [2.24, 2.45) is 0 Å². The lowest BCUT2D eigenvalue weighted by atomic mass is 10.1. The summed E-state index contributed by atoms with van der Waals surface area (Å²) >= 11 is 0. The molecule has 1 unspecified atom stereocenters. The summed E-state index contributed by atoms with van der Waals surface area (Å²) in [5, 5.41) is 34.6. The lowest BCUT2D eigenvalue weighted by molar-refractivity contribution is -0.148. The minimum atomic E-state index is -1.55. The number of hydrogen-bond acceptors (Lipinski definition) is 6. The minimum Gasteiger partial charge on any atom is -0.459 e. The Hall–Kier alpha value is -0.690. The van der Waals surface area contributed by atoms with Crippen LogP contribution in [-0.4, -0.2) is 51.8 Å². The number of hydrogen-bond donors (Lipinski definition) is 4. The highest BCUT2D eigenvalue weighted by molar-refractivity contribution is 5.37. The summed E-state index contributed by atoms with van der Waals surface area (Å²) < 4.78 is 4.20. The molecular formula is C6H11O6. The van der Waals surface area contributed by atoms with Crippen molar-refractivity contribution in [1.29, 1.82) is 0 Å². The van der Waals surface area contributed by atoms with E-state index in [1.54, 1.807) is 0 Å². The predicted octanol–water partition coefficient (Wildman–Crippen LogP) is -2.22. The topological polar surface area (TPSA) is 107 Å². The average molecular weight is 179 g/mol. The fraction of sp³-hybridized carbons (Fsp3) is 0.667. The second kappa shape index (κ2) is 5.90. The lowest BCUT2D eigenvalue weighted by Gasteiger charge is -2.21. The van der Waals surface area contributed by atoms with Gasteiger partial charge in [0.05, 0.1) is 6.61 Å². The summed E-state index contributed by atoms with van der Waals surface area (Å²) in [6.07, 6.45) is -4.33. The Morgan fingerprint density at radius 2 is 2.00 bits per heavy atom. The third-order valence-electron chi connectivity index (χ3n) is 1.29. The first-order valence-corrected chi connectivity index (χ1v) is 3.21. The quantitative estimate of drug-likeness (QED) is 0.344. The molecule has 0 spiro atoms. The maximum Gasteiger partial charge on any atom is 0.293 e. The molecule has 0 saturated carbocycles. The van der Waals surface area contributed by atoms with E-state index < -0.39 is 24.9 Å². The number of rotatable bonds is 6. The normalized spacial score (nSPS) is 18.0. The second-order valence-electron chi connectivity index (χ2n) is 2.08. The number of ether oxygens (including phenoxy) is 1. The lowest BCUT2D eigenvalue weighted by Crippen LogP contribution is -2.41. The molecule has 3 atom stereocenters. The van der Waals surface area contributed by atoms with E-state index in [4.69, 9.17) is 20.4 Å². The maximum absolute atomic E-state index is 9.79. The van der Waals surface area contributed by atoms with Crippen LogP contribution in [0.15, 0.2) is 0 Å². The van der Waals surface area contributed by atoms with Crippen LogP contribution in [0.5, 0.6) is 0 Å². The van der Waals surface area contributed by atoms with Crippen molar-refractivity contribution in [3.63, 3.8) is 0 Å². The average Bonchev–Trinajstić information content (AvgIpc) is 2.11. The van der Waals surface area contributed by atoms with E-state index >= 15 is 0 Å². The third-order valence-corrected chi connectivity index (χ3v) is 1.29. The smallest absolute Gasteiger partial charge is 0.293 e. The van der Waals surface area contributed by atoms with Crippen LogP contribution in [0.2, 0.25) is 0 Å². The molecule has 71 valence electrons. The first-order valence-electron chi connectivity index (χ1n) is 3.21. The molecule has 0 saturated heterocycles. The van der Waals surface area contributed by atoms with Crippen molar-refractivity contribution in [3.8, 4) is 0 Å². The summed E-state index contributed by atoms with van der Waals surface area (Å²) in [6, 6.07) is 0. The third kappa shape index (κ3) is 3.14. The van der Waals surface area contributed by atoms with Crippen LogP contribution in [0.4, 0.5) is 0 Å². The van der Waals surface area contributed by atoms with Gasteiger partial charge < -0.3 is 25.2 Å². The molecular weight excluding hydrogens is 168 g/mol. The second-order valence-corrected chi connectivity index (χ2v) is 2.08. The fourth-order valence-corrected chi connectivity index (χ4v) is 0.611. The molecule has 0 aliphatic rings. The molecule has 1 radical (unpaired) electrons. The Kier molecular flexibility index (Phi) is 5.56. The van der Waals surface area contributed by atoms with E-state index in [1.165, 1.54) is 0 Å². The van der Waals surface area contributed by atoms with Gasteiger partial charge in [-0.2, -0.15) is 0 Å². The van der Waals surface area contributed by atoms with Gasteiger partial charge in [-0.05, 0) is 0 Å². The predicted molar refractivity (Wildman–Crippen MR) is 36.3 cm³/mol. The highest BCUT2D eigenvalue weighted by Crippen LogP contribution is 2.04. The molecule has 0 fully saturated rings. The highest BCUT2D eigenvalue weighted by Gasteiger charge is 2.26. The van der Waals surface area contributed by atoms with Crippen LogP contribution in [0.25, 0.3) is 0 Å². The summed E-state index contributed by atoms with van der Waals surface area (Å²) in [5.41, 5.74) is 0. The minimum absolute atomic E-state index is 0.0359. The molecule has 0 rings (SSSR count). The summed E-state index contributed by atoms with van der Waals surface area (Å²) in [4.78, 5) is 9.79. The van der Waals surface area contributed by atoms with Gasteiger partial charge in [-0.15, -0.1) is 0 Å². The number of carbonyl (C=O) groups excluding carboxylic acids is 1. The summed E-state index contributed by atoms with van der Waals surface area (Å²) in [7, 11) is 0. The molecule has 0 bridgehead atoms. The Bertz CT molecular complexity index is 127. The Balaban J connectivity index is 3.99. The van der Waals surface area contributed by atoms with Crippen LogP contribution in [0, 0.1) is 6.61 Å². The van der Waals surface area contributed by atoms with Crippen molar-refractivity contribution >= 4 is 6.47 Å². The van der Waals surface area contributed by atoms with Gasteiger partial charge in [0.15, 0.2) is 6.10 Å². The summed E-state index contributed by atoms with van der Waals surface area (Å²) in [5.74, 6) is 0. The summed E-state index contributed by atoms with van der Waals surface area (Å²) in [6.45, 7) is -0.263. The van der Waals surface area contributed by atoms with Crippen molar-refractivity contribution in [2.45, 2.75) is 18.3 Å². The molecule has 4 N–H and O–H groups in total. The van der Waals surface area contributed by atoms with Gasteiger partial charge in [-0.3, -0.25) is 4.79 Å². The number of carbonyl (C=O) groups is 1. The molecule has 0 aromatic rings. The first-order chi connectivity index (χ1) is 5.67. The Labute approximate surface area is 69.0 Å².